The van der Waals surface area contributed by atoms with Gasteiger partial charge in [0, 0.05) is 44.5 Å². The fraction of sp³-hybridized carbons (Fsp3) is 0.714. The van der Waals surface area contributed by atoms with Crippen LogP contribution < -0.4 is 4.90 Å². The van der Waals surface area contributed by atoms with Crippen LogP contribution in [-0.2, 0) is 16.1 Å². The molecule has 30 heavy (non-hydrogen) atoms. The summed E-state index contributed by atoms with van der Waals surface area (Å²) in [5.41, 5.74) is 0.953. The number of likely N-dealkylation sites (tertiary alicyclic amines) is 1. The maximum atomic E-state index is 12.1. The normalized spacial score (nSPS) is 21.3. The zero-order chi connectivity index (χ0) is 21.1. The Morgan fingerprint density at radius 1 is 1.13 bits per heavy atom. The van der Waals surface area contributed by atoms with Crippen molar-refractivity contribution in [3.63, 3.8) is 0 Å². The Kier molecular flexibility index (Phi) is 6.48. The van der Waals surface area contributed by atoms with Gasteiger partial charge in [-0.25, -0.2) is 4.98 Å². The molecule has 2 aliphatic heterocycles. The quantitative estimate of drug-likeness (QED) is 0.654. The van der Waals surface area contributed by atoms with Crippen molar-refractivity contribution in [1.29, 1.82) is 0 Å². The summed E-state index contributed by atoms with van der Waals surface area (Å²) < 4.78 is 7.11. The molecule has 0 aromatic carbocycles. The molecular weight excluding hydrogens is 382 g/mol. The van der Waals surface area contributed by atoms with Gasteiger partial charge in [-0.15, -0.1) is 5.10 Å². The lowest BCUT2D eigenvalue weighted by molar-refractivity contribution is -0.150. The van der Waals surface area contributed by atoms with Crippen LogP contribution in [0.5, 0.6) is 0 Å². The summed E-state index contributed by atoms with van der Waals surface area (Å²) in [5.74, 6) is 2.33. The summed E-state index contributed by atoms with van der Waals surface area (Å²) in [7, 11) is 0. The first-order valence-electron chi connectivity index (χ1n) is 11.2. The molecule has 0 aliphatic carbocycles. The second-order valence-corrected chi connectivity index (χ2v) is 8.24. The summed E-state index contributed by atoms with van der Waals surface area (Å²) in [5, 5.41) is 4.80. The van der Waals surface area contributed by atoms with E-state index in [2.05, 4.69) is 32.7 Å². The largest absolute Gasteiger partial charge is 0.466 e. The van der Waals surface area contributed by atoms with Gasteiger partial charge in [0.2, 0.25) is 0 Å². The number of piperidine rings is 1. The van der Waals surface area contributed by atoms with Gasteiger partial charge in [0.1, 0.15) is 5.82 Å². The summed E-state index contributed by atoms with van der Waals surface area (Å²) >= 11 is 0. The van der Waals surface area contributed by atoms with Crippen molar-refractivity contribution in [2.75, 3.05) is 57.3 Å². The van der Waals surface area contributed by atoms with Crippen molar-refractivity contribution < 1.29 is 9.53 Å². The Hall–Kier alpha value is -2.26. The van der Waals surface area contributed by atoms with E-state index in [1.807, 2.05) is 18.4 Å². The van der Waals surface area contributed by atoms with Crippen LogP contribution in [0.3, 0.4) is 0 Å². The van der Waals surface area contributed by atoms with Crippen LogP contribution in [0.15, 0.2) is 6.07 Å². The molecule has 2 aromatic heterocycles. The fourth-order valence-corrected chi connectivity index (χ4v) is 4.45. The van der Waals surface area contributed by atoms with Gasteiger partial charge in [-0.3, -0.25) is 9.69 Å². The minimum atomic E-state index is -0.0871. The smallest absolute Gasteiger partial charge is 0.310 e. The molecule has 164 valence electrons. The fourth-order valence-electron chi connectivity index (χ4n) is 4.45. The van der Waals surface area contributed by atoms with E-state index in [0.717, 1.165) is 69.4 Å². The van der Waals surface area contributed by atoms with Crippen molar-refractivity contribution in [1.82, 2.24) is 29.4 Å². The number of likely N-dealkylation sites (N-methyl/N-ethyl adjacent to an activating group) is 1. The maximum absolute atomic E-state index is 12.1. The second kappa shape index (κ2) is 9.26. The molecule has 4 heterocycles. The van der Waals surface area contributed by atoms with Gasteiger partial charge in [0.25, 0.3) is 5.78 Å². The zero-order valence-corrected chi connectivity index (χ0v) is 18.4. The van der Waals surface area contributed by atoms with Crippen molar-refractivity contribution in [2.24, 2.45) is 5.92 Å². The van der Waals surface area contributed by atoms with Crippen LogP contribution in [-0.4, -0.2) is 87.8 Å². The van der Waals surface area contributed by atoms with Gasteiger partial charge >= 0.3 is 5.97 Å². The predicted molar refractivity (Wildman–Crippen MR) is 114 cm³/mol. The Morgan fingerprint density at radius 2 is 1.93 bits per heavy atom. The third-order valence-corrected chi connectivity index (χ3v) is 6.10. The first-order chi connectivity index (χ1) is 14.6. The number of anilines is 1. The molecular formula is C21H33N7O2. The lowest BCUT2D eigenvalue weighted by atomic mass is 9.98. The molecule has 4 rings (SSSR count). The lowest BCUT2D eigenvalue weighted by Gasteiger charge is -2.35. The minimum Gasteiger partial charge on any atom is -0.466 e. The zero-order valence-electron chi connectivity index (χ0n) is 18.4. The topological polar surface area (TPSA) is 79.1 Å². The highest BCUT2D eigenvalue weighted by atomic mass is 16.5. The van der Waals surface area contributed by atoms with Gasteiger partial charge < -0.3 is 14.5 Å². The number of hydrogen-bond acceptors (Lipinski definition) is 8. The predicted octanol–water partition coefficient (Wildman–Crippen LogP) is 1.35. The van der Waals surface area contributed by atoms with Gasteiger partial charge in [-0.1, -0.05) is 6.92 Å². The highest BCUT2D eigenvalue weighted by Gasteiger charge is 2.28. The molecule has 2 fully saturated rings. The van der Waals surface area contributed by atoms with Crippen LogP contribution >= 0.6 is 0 Å². The van der Waals surface area contributed by atoms with Gasteiger partial charge in [-0.2, -0.15) is 9.50 Å². The van der Waals surface area contributed by atoms with Crippen LogP contribution in [0.4, 0.5) is 5.82 Å². The molecule has 9 nitrogen and oxygen atoms in total. The molecule has 0 bridgehead atoms. The summed E-state index contributed by atoms with van der Waals surface area (Å²) in [6.07, 6.45) is 1.88. The Morgan fingerprint density at radius 3 is 2.67 bits per heavy atom. The first-order valence-corrected chi connectivity index (χ1v) is 11.2. The molecule has 0 spiro atoms. The van der Waals surface area contributed by atoms with E-state index in [1.165, 1.54) is 0 Å². The van der Waals surface area contributed by atoms with E-state index < -0.39 is 0 Å². The number of rotatable bonds is 6. The third-order valence-electron chi connectivity index (χ3n) is 6.10. The van der Waals surface area contributed by atoms with Crippen molar-refractivity contribution in [3.8, 4) is 0 Å². The monoisotopic (exact) mass is 415 g/mol. The number of aromatic nitrogens is 4. The number of aryl methyl sites for hydroxylation is 1. The van der Waals surface area contributed by atoms with Crippen molar-refractivity contribution >= 4 is 17.6 Å². The Labute approximate surface area is 178 Å². The standard InChI is InChI=1S/C21H33N7O2/c1-4-25-9-11-27(12-10-25)19-13-16(3)22-21-23-18(24-28(19)21)15-26-8-6-7-17(14-26)20(29)30-5-2/h13,17H,4-12,14-15H2,1-3H3/t17-/m0/s1. The Bertz CT molecular complexity index is 876. The van der Waals surface area contributed by atoms with E-state index in [4.69, 9.17) is 14.8 Å². The van der Waals surface area contributed by atoms with Crippen molar-refractivity contribution in [2.45, 2.75) is 40.2 Å². The molecule has 2 aliphatic rings. The number of hydrogen-bond donors (Lipinski definition) is 0. The van der Waals surface area contributed by atoms with Crippen LogP contribution in [0.25, 0.3) is 5.78 Å². The average molecular weight is 416 g/mol. The molecule has 9 heteroatoms. The van der Waals surface area contributed by atoms with E-state index in [1.54, 1.807) is 0 Å². The third kappa shape index (κ3) is 4.57. The van der Waals surface area contributed by atoms with Crippen LogP contribution in [0.1, 0.15) is 38.2 Å². The number of carbonyl (C=O) groups excluding carboxylic acids is 1. The lowest BCUT2D eigenvalue weighted by Crippen LogP contribution is -2.46. The average Bonchev–Trinajstić information content (AvgIpc) is 3.15. The minimum absolute atomic E-state index is 0.0541. The molecule has 0 N–H and O–H groups in total. The Balaban J connectivity index is 1.50. The number of esters is 1. The molecule has 1 atom stereocenters. The first kappa shape index (κ1) is 21.0. The van der Waals surface area contributed by atoms with E-state index in [0.29, 0.717) is 25.5 Å². The SMILES string of the molecule is CCOC(=O)[C@H]1CCCN(Cc2nc3nc(C)cc(N4CCN(CC)CC4)n3n2)C1. The number of piperazine rings is 1. The van der Waals surface area contributed by atoms with E-state index in [9.17, 15) is 4.79 Å². The number of nitrogens with zero attached hydrogens (tertiary/aromatic N) is 7. The highest BCUT2D eigenvalue weighted by Crippen LogP contribution is 2.21. The van der Waals surface area contributed by atoms with Crippen molar-refractivity contribution in [3.05, 3.63) is 17.6 Å². The molecule has 2 aromatic rings. The van der Waals surface area contributed by atoms with Gasteiger partial charge in [0.05, 0.1) is 19.1 Å². The summed E-state index contributed by atoms with van der Waals surface area (Å²) in [4.78, 5) is 28.5. The highest BCUT2D eigenvalue weighted by molar-refractivity contribution is 5.72. The number of carbonyl (C=O) groups is 1. The molecule has 2 saturated heterocycles. The summed E-state index contributed by atoms with van der Waals surface area (Å²) in [6, 6.07) is 2.10. The van der Waals surface area contributed by atoms with Gasteiger partial charge in [0.15, 0.2) is 5.82 Å². The summed E-state index contributed by atoms with van der Waals surface area (Å²) in [6.45, 7) is 14.0. The number of ether oxygens (including phenoxy) is 1. The van der Waals surface area contributed by atoms with E-state index in [-0.39, 0.29) is 11.9 Å². The molecule has 0 unspecified atom stereocenters. The van der Waals surface area contributed by atoms with Crippen LogP contribution in [0.2, 0.25) is 0 Å². The second-order valence-electron chi connectivity index (χ2n) is 8.24. The number of fused-ring (bicyclic) bond motifs is 1. The van der Waals surface area contributed by atoms with Gasteiger partial charge in [-0.05, 0) is 39.8 Å². The van der Waals surface area contributed by atoms with Crippen LogP contribution in [0, 0.1) is 12.8 Å². The maximum Gasteiger partial charge on any atom is 0.310 e. The molecule has 0 amide bonds. The molecule has 0 saturated carbocycles. The van der Waals surface area contributed by atoms with E-state index >= 15 is 0 Å². The molecule has 0 radical (unpaired) electrons.